The monoisotopic (exact) mass is 331 g/mol. The van der Waals surface area contributed by atoms with E-state index in [1.54, 1.807) is 31.0 Å². The molecule has 118 valence electrons. The minimum atomic E-state index is -0.209. The minimum Gasteiger partial charge on any atom is -0.418 e. The first-order valence-electron chi connectivity index (χ1n) is 7.32. The highest BCUT2D eigenvalue weighted by Crippen LogP contribution is 2.36. The molecule has 4 heterocycles. The van der Waals surface area contributed by atoms with Crippen molar-refractivity contribution < 1.29 is 9.15 Å². The molecule has 1 aliphatic rings. The molecule has 0 unspecified atom stereocenters. The third kappa shape index (κ3) is 2.85. The zero-order valence-electron chi connectivity index (χ0n) is 12.2. The van der Waals surface area contributed by atoms with Crippen LogP contribution >= 0.6 is 11.6 Å². The van der Waals surface area contributed by atoms with Gasteiger partial charge in [-0.25, -0.2) is 4.98 Å². The summed E-state index contributed by atoms with van der Waals surface area (Å²) in [5.41, 5.74) is 0.671. The number of hydrogen-bond acceptors (Lipinski definition) is 6. The Morgan fingerprint density at radius 3 is 3.04 bits per heavy atom. The van der Waals surface area contributed by atoms with Crippen LogP contribution in [0.3, 0.4) is 0 Å². The van der Waals surface area contributed by atoms with Crippen molar-refractivity contribution in [3.8, 4) is 11.5 Å². The lowest BCUT2D eigenvalue weighted by atomic mass is 10.0. The highest BCUT2D eigenvalue weighted by atomic mass is 35.5. The maximum atomic E-state index is 6.12. The molecule has 8 heteroatoms. The topological polar surface area (TPSA) is 78.9 Å². The highest BCUT2D eigenvalue weighted by molar-refractivity contribution is 6.32. The SMILES string of the molecule is Clc1cnccc1-c1nnc([C@H]2OCC[C@H]2Cn2ccnc2)o1. The molecular weight excluding hydrogens is 318 g/mol. The summed E-state index contributed by atoms with van der Waals surface area (Å²) in [6.45, 7) is 1.48. The summed E-state index contributed by atoms with van der Waals surface area (Å²) in [6.07, 6.45) is 9.42. The third-order valence-corrected chi connectivity index (χ3v) is 4.21. The molecule has 0 saturated carbocycles. The number of imidazole rings is 1. The summed E-state index contributed by atoms with van der Waals surface area (Å²) in [4.78, 5) is 8.02. The Bertz CT molecular complexity index is 789. The van der Waals surface area contributed by atoms with Crippen molar-refractivity contribution in [1.29, 1.82) is 0 Å². The van der Waals surface area contributed by atoms with Gasteiger partial charge in [0.15, 0.2) is 0 Å². The second kappa shape index (κ2) is 6.10. The Morgan fingerprint density at radius 1 is 1.26 bits per heavy atom. The van der Waals surface area contributed by atoms with E-state index in [2.05, 4.69) is 20.2 Å². The number of hydrogen-bond donors (Lipinski definition) is 0. The molecule has 0 aliphatic carbocycles. The molecule has 3 aromatic heterocycles. The summed E-state index contributed by atoms with van der Waals surface area (Å²) in [7, 11) is 0. The van der Waals surface area contributed by atoms with Crippen LogP contribution in [0.2, 0.25) is 5.02 Å². The van der Waals surface area contributed by atoms with E-state index in [1.165, 1.54) is 0 Å². The summed E-state index contributed by atoms with van der Waals surface area (Å²) >= 11 is 6.12. The van der Waals surface area contributed by atoms with Crippen molar-refractivity contribution in [2.75, 3.05) is 6.61 Å². The molecule has 23 heavy (non-hydrogen) atoms. The molecular formula is C15H14ClN5O2. The Labute approximate surface area is 137 Å². The van der Waals surface area contributed by atoms with Gasteiger partial charge in [0.1, 0.15) is 6.10 Å². The second-order valence-corrected chi connectivity index (χ2v) is 5.81. The predicted molar refractivity (Wildman–Crippen MR) is 81.6 cm³/mol. The summed E-state index contributed by atoms with van der Waals surface area (Å²) < 4.78 is 13.6. The zero-order valence-corrected chi connectivity index (χ0v) is 12.9. The van der Waals surface area contributed by atoms with E-state index in [0.717, 1.165) is 13.0 Å². The van der Waals surface area contributed by atoms with Crippen molar-refractivity contribution in [2.45, 2.75) is 19.1 Å². The van der Waals surface area contributed by atoms with Gasteiger partial charge in [-0.2, -0.15) is 0 Å². The summed E-state index contributed by atoms with van der Waals surface area (Å²) in [6, 6.07) is 1.75. The molecule has 0 N–H and O–H groups in total. The molecule has 1 fully saturated rings. The molecule has 3 aromatic rings. The number of nitrogens with zero attached hydrogens (tertiary/aromatic N) is 5. The van der Waals surface area contributed by atoms with Crippen LogP contribution in [-0.2, 0) is 11.3 Å². The average Bonchev–Trinajstić information content (AvgIpc) is 3.28. The van der Waals surface area contributed by atoms with E-state index in [4.69, 9.17) is 20.8 Å². The first-order valence-corrected chi connectivity index (χ1v) is 7.69. The van der Waals surface area contributed by atoms with E-state index in [0.29, 0.717) is 29.0 Å². The van der Waals surface area contributed by atoms with Gasteiger partial charge in [0, 0.05) is 43.9 Å². The van der Waals surface area contributed by atoms with E-state index >= 15 is 0 Å². The van der Waals surface area contributed by atoms with Crippen LogP contribution in [0.4, 0.5) is 0 Å². The van der Waals surface area contributed by atoms with Gasteiger partial charge in [0.2, 0.25) is 11.8 Å². The molecule has 1 aliphatic heterocycles. The molecule has 4 rings (SSSR count). The second-order valence-electron chi connectivity index (χ2n) is 5.40. The lowest BCUT2D eigenvalue weighted by Gasteiger charge is -2.15. The lowest BCUT2D eigenvalue weighted by molar-refractivity contribution is 0.0642. The normalized spacial score (nSPS) is 20.9. The van der Waals surface area contributed by atoms with E-state index in [1.807, 2.05) is 10.8 Å². The van der Waals surface area contributed by atoms with Crippen LogP contribution in [0, 0.1) is 5.92 Å². The standard InChI is InChI=1S/C15H14ClN5O2/c16-12-7-17-3-1-11(12)14-19-20-15(23-14)13-10(2-6-22-13)8-21-5-4-18-9-21/h1,3-5,7,9-10,13H,2,6,8H2/t10-,13-/m0/s1. The van der Waals surface area contributed by atoms with Gasteiger partial charge >= 0.3 is 0 Å². The fraction of sp³-hybridized carbons (Fsp3) is 0.333. The number of pyridine rings is 1. The van der Waals surface area contributed by atoms with Gasteiger partial charge in [-0.3, -0.25) is 4.98 Å². The molecule has 2 atom stereocenters. The van der Waals surface area contributed by atoms with E-state index in [-0.39, 0.29) is 12.0 Å². The number of aromatic nitrogens is 5. The fourth-order valence-corrected chi connectivity index (χ4v) is 2.97. The van der Waals surface area contributed by atoms with Gasteiger partial charge in [-0.05, 0) is 12.5 Å². The lowest BCUT2D eigenvalue weighted by Crippen LogP contribution is -2.14. The predicted octanol–water partition coefficient (Wildman–Crippen LogP) is 2.76. The van der Waals surface area contributed by atoms with E-state index in [9.17, 15) is 0 Å². The van der Waals surface area contributed by atoms with Crippen molar-refractivity contribution in [2.24, 2.45) is 5.92 Å². The number of rotatable bonds is 4. The van der Waals surface area contributed by atoms with Crippen LogP contribution in [0.5, 0.6) is 0 Å². The Balaban J connectivity index is 1.57. The minimum absolute atomic E-state index is 0.209. The molecule has 1 saturated heterocycles. The molecule has 0 radical (unpaired) electrons. The first kappa shape index (κ1) is 14.3. The molecule has 7 nitrogen and oxygen atoms in total. The summed E-state index contributed by atoms with van der Waals surface area (Å²) in [5.74, 6) is 1.13. The van der Waals surface area contributed by atoms with Crippen molar-refractivity contribution in [3.05, 3.63) is 48.1 Å². The highest BCUT2D eigenvalue weighted by Gasteiger charge is 2.34. The smallest absolute Gasteiger partial charge is 0.249 e. The van der Waals surface area contributed by atoms with Crippen molar-refractivity contribution in [3.63, 3.8) is 0 Å². The maximum absolute atomic E-state index is 6.12. The van der Waals surface area contributed by atoms with Crippen LogP contribution in [0.25, 0.3) is 11.5 Å². The van der Waals surface area contributed by atoms with Gasteiger partial charge in [0.25, 0.3) is 0 Å². The first-order chi connectivity index (χ1) is 11.3. The van der Waals surface area contributed by atoms with Gasteiger partial charge in [0.05, 0.1) is 16.9 Å². The van der Waals surface area contributed by atoms with Gasteiger partial charge < -0.3 is 13.7 Å². The number of ether oxygens (including phenoxy) is 1. The molecule has 0 amide bonds. The van der Waals surface area contributed by atoms with Crippen LogP contribution < -0.4 is 0 Å². The Hall–Kier alpha value is -2.25. The third-order valence-electron chi connectivity index (χ3n) is 3.91. The Morgan fingerprint density at radius 2 is 2.22 bits per heavy atom. The molecule has 0 aromatic carbocycles. The number of halogens is 1. The van der Waals surface area contributed by atoms with Crippen molar-refractivity contribution >= 4 is 11.6 Å². The van der Waals surface area contributed by atoms with Crippen LogP contribution in [0.1, 0.15) is 18.4 Å². The van der Waals surface area contributed by atoms with Gasteiger partial charge in [-0.1, -0.05) is 11.6 Å². The van der Waals surface area contributed by atoms with Gasteiger partial charge in [-0.15, -0.1) is 10.2 Å². The fourth-order valence-electron chi connectivity index (χ4n) is 2.77. The van der Waals surface area contributed by atoms with Crippen LogP contribution in [0.15, 0.2) is 41.6 Å². The average molecular weight is 332 g/mol. The molecule has 0 spiro atoms. The zero-order chi connectivity index (χ0) is 15.6. The maximum Gasteiger partial charge on any atom is 0.249 e. The van der Waals surface area contributed by atoms with Crippen LogP contribution in [-0.4, -0.2) is 31.3 Å². The Kier molecular flexibility index (Phi) is 3.80. The largest absolute Gasteiger partial charge is 0.418 e. The summed E-state index contributed by atoms with van der Waals surface area (Å²) in [5, 5.41) is 8.72. The molecule has 0 bridgehead atoms. The van der Waals surface area contributed by atoms with E-state index < -0.39 is 0 Å². The quantitative estimate of drug-likeness (QED) is 0.731. The van der Waals surface area contributed by atoms with Crippen molar-refractivity contribution in [1.82, 2.24) is 24.7 Å².